The first kappa shape index (κ1) is 14.4. The van der Waals surface area contributed by atoms with Gasteiger partial charge < -0.3 is 10.2 Å². The van der Waals surface area contributed by atoms with Gasteiger partial charge in [0.15, 0.2) is 0 Å². The van der Waals surface area contributed by atoms with Gasteiger partial charge in [-0.1, -0.05) is 0 Å². The van der Waals surface area contributed by atoms with Crippen molar-refractivity contribution in [2.24, 2.45) is 11.8 Å². The van der Waals surface area contributed by atoms with E-state index >= 15 is 0 Å². The van der Waals surface area contributed by atoms with Crippen LogP contribution in [0.15, 0.2) is 12.1 Å². The molecule has 0 spiro atoms. The highest BCUT2D eigenvalue weighted by Gasteiger charge is 2.33. The van der Waals surface area contributed by atoms with Crippen LogP contribution in [0.25, 0.3) is 0 Å². The van der Waals surface area contributed by atoms with E-state index in [-0.39, 0.29) is 0 Å². The number of amides is 1. The van der Waals surface area contributed by atoms with Crippen molar-refractivity contribution in [2.45, 2.75) is 12.8 Å². The van der Waals surface area contributed by atoms with Crippen LogP contribution in [-0.4, -0.2) is 37.0 Å². The highest BCUT2D eigenvalue weighted by Crippen LogP contribution is 2.28. The zero-order valence-electron chi connectivity index (χ0n) is 11.5. The Kier molecular flexibility index (Phi) is 3.89. The van der Waals surface area contributed by atoms with E-state index in [0.717, 1.165) is 25.9 Å². The normalized spacial score (nSPS) is 25.6. The van der Waals surface area contributed by atoms with Crippen LogP contribution in [0.1, 0.15) is 23.2 Å². The minimum atomic E-state index is -1.14. The average molecular weight is 298 g/mol. The summed E-state index contributed by atoms with van der Waals surface area (Å²) in [5.74, 6) is -2.93. The van der Waals surface area contributed by atoms with Gasteiger partial charge >= 0.3 is 0 Å². The zero-order chi connectivity index (χ0) is 15.0. The predicted octanol–water partition coefficient (Wildman–Crippen LogP) is 2.18. The first-order valence-electron chi connectivity index (χ1n) is 7.21. The SMILES string of the molecule is O=C(c1c(F)cc(F)cc1F)N1CC[C@@H]2CNC[C@@H]2CC1. The monoisotopic (exact) mass is 298 g/mol. The van der Waals surface area contributed by atoms with Crippen molar-refractivity contribution in [2.75, 3.05) is 26.2 Å². The van der Waals surface area contributed by atoms with E-state index in [9.17, 15) is 18.0 Å². The Bertz CT molecular complexity index is 527. The molecule has 2 aliphatic heterocycles. The molecule has 0 radical (unpaired) electrons. The fraction of sp³-hybridized carbons (Fsp3) is 0.533. The molecule has 2 atom stereocenters. The van der Waals surface area contributed by atoms with Crippen LogP contribution < -0.4 is 5.32 Å². The molecule has 114 valence electrons. The van der Waals surface area contributed by atoms with Crippen LogP contribution in [-0.2, 0) is 0 Å². The summed E-state index contributed by atoms with van der Waals surface area (Å²) in [6.45, 7) is 2.84. The molecule has 0 aromatic heterocycles. The highest BCUT2D eigenvalue weighted by atomic mass is 19.1. The molecule has 21 heavy (non-hydrogen) atoms. The van der Waals surface area contributed by atoms with Gasteiger partial charge in [0, 0.05) is 25.2 Å². The Balaban J connectivity index is 1.79. The Morgan fingerprint density at radius 1 is 1.05 bits per heavy atom. The summed E-state index contributed by atoms with van der Waals surface area (Å²) in [7, 11) is 0. The van der Waals surface area contributed by atoms with E-state index in [2.05, 4.69) is 5.32 Å². The number of hydrogen-bond donors (Lipinski definition) is 1. The molecule has 2 saturated heterocycles. The van der Waals surface area contributed by atoms with E-state index < -0.39 is 28.9 Å². The van der Waals surface area contributed by atoms with Crippen LogP contribution in [0.3, 0.4) is 0 Å². The topological polar surface area (TPSA) is 32.3 Å². The molecule has 2 fully saturated rings. The first-order valence-corrected chi connectivity index (χ1v) is 7.21. The van der Waals surface area contributed by atoms with Gasteiger partial charge in [0.25, 0.3) is 5.91 Å². The fourth-order valence-corrected chi connectivity index (χ4v) is 3.33. The molecule has 0 saturated carbocycles. The number of benzene rings is 1. The van der Waals surface area contributed by atoms with Crippen LogP contribution in [0, 0.1) is 29.3 Å². The molecule has 6 heteroatoms. The molecule has 2 heterocycles. The van der Waals surface area contributed by atoms with Crippen molar-refractivity contribution in [1.82, 2.24) is 10.2 Å². The van der Waals surface area contributed by atoms with Gasteiger partial charge in [-0.15, -0.1) is 0 Å². The fourth-order valence-electron chi connectivity index (χ4n) is 3.33. The molecular formula is C15H17F3N2O. The lowest BCUT2D eigenvalue weighted by Gasteiger charge is -2.21. The number of nitrogens with zero attached hydrogens (tertiary/aromatic N) is 1. The van der Waals surface area contributed by atoms with Crippen molar-refractivity contribution in [1.29, 1.82) is 0 Å². The Morgan fingerprint density at radius 2 is 1.57 bits per heavy atom. The first-order chi connectivity index (χ1) is 10.1. The number of hydrogen-bond acceptors (Lipinski definition) is 2. The van der Waals surface area contributed by atoms with E-state index in [0.29, 0.717) is 37.1 Å². The third-order valence-corrected chi connectivity index (χ3v) is 4.53. The molecular weight excluding hydrogens is 281 g/mol. The third kappa shape index (κ3) is 2.77. The van der Waals surface area contributed by atoms with Gasteiger partial charge in [-0.2, -0.15) is 0 Å². The summed E-state index contributed by atoms with van der Waals surface area (Å²) in [6.07, 6.45) is 1.65. The van der Waals surface area contributed by atoms with Gasteiger partial charge in [-0.3, -0.25) is 4.79 Å². The molecule has 1 N–H and O–H groups in total. The Hall–Kier alpha value is -1.56. The van der Waals surface area contributed by atoms with Crippen molar-refractivity contribution in [3.05, 3.63) is 35.1 Å². The number of carbonyl (C=O) groups excluding carboxylic acids is 1. The van der Waals surface area contributed by atoms with Gasteiger partial charge in [-0.25, -0.2) is 13.2 Å². The number of carbonyl (C=O) groups is 1. The van der Waals surface area contributed by atoms with Crippen LogP contribution >= 0.6 is 0 Å². The van der Waals surface area contributed by atoms with E-state index in [1.165, 1.54) is 4.90 Å². The second kappa shape index (κ2) is 5.67. The number of rotatable bonds is 1. The van der Waals surface area contributed by atoms with Gasteiger partial charge in [0.2, 0.25) is 0 Å². The van der Waals surface area contributed by atoms with Crippen LogP contribution in [0.4, 0.5) is 13.2 Å². The van der Waals surface area contributed by atoms with Crippen LogP contribution in [0.5, 0.6) is 0 Å². The maximum Gasteiger partial charge on any atom is 0.259 e. The Morgan fingerprint density at radius 3 is 2.10 bits per heavy atom. The van der Waals surface area contributed by atoms with Gasteiger partial charge in [0.05, 0.1) is 0 Å². The molecule has 0 bridgehead atoms. The lowest BCUT2D eigenvalue weighted by molar-refractivity contribution is 0.0748. The molecule has 0 aliphatic carbocycles. The highest BCUT2D eigenvalue weighted by molar-refractivity contribution is 5.94. The summed E-state index contributed by atoms with van der Waals surface area (Å²) in [5.41, 5.74) is -0.651. The lowest BCUT2D eigenvalue weighted by atomic mass is 9.92. The summed E-state index contributed by atoms with van der Waals surface area (Å²) in [4.78, 5) is 13.8. The molecule has 2 aliphatic rings. The van der Waals surface area contributed by atoms with Crippen molar-refractivity contribution in [3.8, 4) is 0 Å². The number of nitrogens with one attached hydrogen (secondary N) is 1. The van der Waals surface area contributed by atoms with Crippen molar-refractivity contribution < 1.29 is 18.0 Å². The van der Waals surface area contributed by atoms with E-state index in [1.807, 2.05) is 0 Å². The van der Waals surface area contributed by atoms with Crippen molar-refractivity contribution >= 4 is 5.91 Å². The smallest absolute Gasteiger partial charge is 0.259 e. The van der Waals surface area contributed by atoms with E-state index in [1.54, 1.807) is 0 Å². The summed E-state index contributed by atoms with van der Waals surface area (Å²) in [6, 6.07) is 1.10. The van der Waals surface area contributed by atoms with Crippen LogP contribution in [0.2, 0.25) is 0 Å². The number of fused-ring (bicyclic) bond motifs is 1. The maximum absolute atomic E-state index is 13.7. The minimum absolute atomic E-state index is 0.484. The predicted molar refractivity (Wildman–Crippen MR) is 71.3 cm³/mol. The quantitative estimate of drug-likeness (QED) is 0.862. The lowest BCUT2D eigenvalue weighted by Crippen LogP contribution is -2.34. The standard InChI is InChI=1S/C15H17F3N2O/c16-11-5-12(17)14(13(18)6-11)15(21)20-3-1-9-7-19-8-10(9)2-4-20/h5-6,9-10,19H,1-4,7-8H2/t9-,10+. The average Bonchev–Trinajstić information content (AvgIpc) is 2.76. The molecule has 1 amide bonds. The van der Waals surface area contributed by atoms with Gasteiger partial charge in [0.1, 0.15) is 23.0 Å². The third-order valence-electron chi connectivity index (χ3n) is 4.53. The van der Waals surface area contributed by atoms with E-state index in [4.69, 9.17) is 0 Å². The number of likely N-dealkylation sites (tertiary alicyclic amines) is 1. The minimum Gasteiger partial charge on any atom is -0.338 e. The second-order valence-corrected chi connectivity index (χ2v) is 5.79. The molecule has 1 aromatic carbocycles. The summed E-state index contributed by atoms with van der Waals surface area (Å²) in [5, 5.41) is 3.33. The zero-order valence-corrected chi connectivity index (χ0v) is 11.5. The molecule has 3 rings (SSSR count). The maximum atomic E-state index is 13.7. The number of halogens is 3. The second-order valence-electron chi connectivity index (χ2n) is 5.79. The molecule has 0 unspecified atom stereocenters. The van der Waals surface area contributed by atoms with Crippen molar-refractivity contribution in [3.63, 3.8) is 0 Å². The van der Waals surface area contributed by atoms with Gasteiger partial charge in [-0.05, 0) is 37.8 Å². The molecule has 1 aromatic rings. The largest absolute Gasteiger partial charge is 0.338 e. The summed E-state index contributed by atoms with van der Waals surface area (Å²) >= 11 is 0. The summed E-state index contributed by atoms with van der Waals surface area (Å²) < 4.78 is 40.3. The molecule has 3 nitrogen and oxygen atoms in total. The Labute approximate surface area is 121 Å².